The van der Waals surface area contributed by atoms with Crippen LogP contribution >= 0.6 is 0 Å². The van der Waals surface area contributed by atoms with E-state index in [-0.39, 0.29) is 0 Å². The van der Waals surface area contributed by atoms with Crippen molar-refractivity contribution in [2.24, 2.45) is 0 Å². The van der Waals surface area contributed by atoms with Gasteiger partial charge in [0.2, 0.25) is 0 Å². The third kappa shape index (κ3) is 3.67. The second kappa shape index (κ2) is 10.2. The largest absolute Gasteiger partial charge is 0.457 e. The van der Waals surface area contributed by atoms with Gasteiger partial charge in [-0.25, -0.2) is 0 Å². The Morgan fingerprint density at radius 1 is 0.385 bits per heavy atom. The first-order valence-electron chi connectivity index (χ1n) is 18.0. The fourth-order valence-corrected chi connectivity index (χ4v) is 9.36. The minimum Gasteiger partial charge on any atom is -0.457 e. The van der Waals surface area contributed by atoms with Crippen LogP contribution in [0.25, 0.3) is 32.7 Å². The highest BCUT2D eigenvalue weighted by Gasteiger charge is 2.57. The first-order valence-corrected chi connectivity index (χ1v) is 18.0. The average molecular weight is 669 g/mol. The molecule has 3 aliphatic heterocycles. The van der Waals surface area contributed by atoms with Crippen LogP contribution in [0.4, 0.5) is 34.1 Å². The second-order valence-electron chi connectivity index (χ2n) is 14.2. The van der Waals surface area contributed by atoms with Gasteiger partial charge in [0.1, 0.15) is 11.5 Å². The smallest absolute Gasteiger partial charge is 0.170 e. The number of fused-ring (bicyclic) bond motifs is 25. The Kier molecular flexibility index (Phi) is 5.49. The molecule has 12 rings (SSSR count). The first-order chi connectivity index (χ1) is 25.7. The minimum absolute atomic E-state index is 0.641. The Balaban J connectivity index is 1.24. The van der Waals surface area contributed by atoms with E-state index in [1.165, 1.54) is 66.5 Å². The van der Waals surface area contributed by atoms with Gasteiger partial charge in [0.15, 0.2) is 5.66 Å². The Morgan fingerprint density at radius 2 is 0.788 bits per heavy atom. The predicted octanol–water partition coefficient (Wildman–Crippen LogP) is 11.5. The molecule has 8 aromatic carbocycles. The lowest BCUT2D eigenvalue weighted by molar-refractivity contribution is 0.470. The Morgan fingerprint density at radius 3 is 1.25 bits per heavy atom. The van der Waals surface area contributed by atoms with Gasteiger partial charge in [0.25, 0.3) is 0 Å². The van der Waals surface area contributed by atoms with E-state index in [2.05, 4.69) is 189 Å². The minimum atomic E-state index is -0.694. The molecule has 0 radical (unpaired) electrons. The van der Waals surface area contributed by atoms with Crippen molar-refractivity contribution in [2.75, 3.05) is 32.9 Å². The molecule has 0 amide bonds. The van der Waals surface area contributed by atoms with E-state index >= 15 is 0 Å². The molecule has 0 aromatic heterocycles. The zero-order chi connectivity index (χ0) is 34.0. The summed E-state index contributed by atoms with van der Waals surface area (Å²) in [5, 5.41) is 4.89. The highest BCUT2D eigenvalue weighted by atomic mass is 16.5. The number of nitrogens with zero attached hydrogens (tertiary/aromatic N) is 4. The van der Waals surface area contributed by atoms with Crippen molar-refractivity contribution >= 4 is 55.7 Å². The third-order valence-corrected chi connectivity index (χ3v) is 11.6. The van der Waals surface area contributed by atoms with Crippen LogP contribution in [0.3, 0.4) is 0 Å². The maximum Gasteiger partial charge on any atom is 0.170 e. The number of benzene rings is 8. The van der Waals surface area contributed by atoms with Gasteiger partial charge in [-0.3, -0.25) is 0 Å². The molecule has 52 heavy (non-hydrogen) atoms. The molecule has 0 atom stereocenters. The van der Waals surface area contributed by atoms with E-state index < -0.39 is 5.66 Å². The highest BCUT2D eigenvalue weighted by molar-refractivity contribution is 6.01. The van der Waals surface area contributed by atoms with Crippen molar-refractivity contribution in [3.05, 3.63) is 181 Å². The zero-order valence-electron chi connectivity index (χ0n) is 28.3. The predicted molar refractivity (Wildman–Crippen MR) is 212 cm³/mol. The molecule has 0 N–H and O–H groups in total. The molecule has 8 aromatic rings. The van der Waals surface area contributed by atoms with Crippen LogP contribution < -0.4 is 24.3 Å². The van der Waals surface area contributed by atoms with E-state index in [9.17, 15) is 0 Å². The van der Waals surface area contributed by atoms with Crippen molar-refractivity contribution in [3.63, 3.8) is 0 Å². The number of hydrogen-bond donors (Lipinski definition) is 0. The van der Waals surface area contributed by atoms with Gasteiger partial charge in [-0.15, -0.1) is 0 Å². The van der Waals surface area contributed by atoms with Crippen LogP contribution in [-0.2, 0) is 5.66 Å². The number of ether oxygens (including phenoxy) is 1. The van der Waals surface area contributed by atoms with Crippen LogP contribution in [-0.4, -0.2) is 13.3 Å². The Hall–Kier alpha value is -6.72. The molecule has 1 aliphatic carbocycles. The van der Waals surface area contributed by atoms with Crippen molar-refractivity contribution < 1.29 is 4.74 Å². The molecule has 0 saturated carbocycles. The van der Waals surface area contributed by atoms with Gasteiger partial charge in [0, 0.05) is 34.6 Å². The summed E-state index contributed by atoms with van der Waals surface area (Å²) < 4.78 is 6.64. The van der Waals surface area contributed by atoms with Crippen molar-refractivity contribution in [1.29, 1.82) is 0 Å². The molecule has 1 spiro atoms. The van der Waals surface area contributed by atoms with E-state index in [0.29, 0.717) is 13.3 Å². The third-order valence-electron chi connectivity index (χ3n) is 11.6. The molecule has 5 nitrogen and oxygen atoms in total. The van der Waals surface area contributed by atoms with E-state index in [4.69, 9.17) is 4.74 Å². The molecule has 3 heterocycles. The fraction of sp³-hybridized carbons (Fsp3) is 0.0638. The van der Waals surface area contributed by atoms with Gasteiger partial charge in [-0.1, -0.05) is 109 Å². The lowest BCUT2D eigenvalue weighted by Crippen LogP contribution is -2.59. The van der Waals surface area contributed by atoms with Crippen molar-refractivity contribution in [3.8, 4) is 22.6 Å². The lowest BCUT2D eigenvalue weighted by Gasteiger charge is -2.49. The van der Waals surface area contributed by atoms with Gasteiger partial charge in [-0.05, 0) is 81.2 Å². The highest BCUT2D eigenvalue weighted by Crippen LogP contribution is 2.61. The maximum absolute atomic E-state index is 6.64. The van der Waals surface area contributed by atoms with E-state index in [1.54, 1.807) is 0 Å². The lowest BCUT2D eigenvalue weighted by atomic mass is 9.91. The van der Waals surface area contributed by atoms with Gasteiger partial charge in [0.05, 0.1) is 36.1 Å². The monoisotopic (exact) mass is 668 g/mol. The fourth-order valence-electron chi connectivity index (χ4n) is 9.36. The van der Waals surface area contributed by atoms with Gasteiger partial charge < -0.3 is 24.3 Å². The maximum atomic E-state index is 6.64. The van der Waals surface area contributed by atoms with Crippen molar-refractivity contribution in [2.45, 2.75) is 5.66 Å². The van der Waals surface area contributed by atoms with Crippen LogP contribution in [0.5, 0.6) is 11.5 Å². The molecule has 246 valence electrons. The molecule has 0 saturated heterocycles. The molecular formula is C47H32N4O. The van der Waals surface area contributed by atoms with E-state index in [0.717, 1.165) is 22.9 Å². The summed E-state index contributed by atoms with van der Waals surface area (Å²) >= 11 is 0. The van der Waals surface area contributed by atoms with Crippen LogP contribution in [0.1, 0.15) is 11.1 Å². The van der Waals surface area contributed by atoms with Crippen LogP contribution in [0.2, 0.25) is 0 Å². The Bertz CT molecular complexity index is 2600. The van der Waals surface area contributed by atoms with Crippen molar-refractivity contribution in [1.82, 2.24) is 0 Å². The SMILES string of the molecule is c1cc2cc(c1)N1CN(c3cc4ccccc4cc31)C1(c3ccccc3-c3ccccc31)N1CN(c3cccc(c3)O2)c2cc3ccccc3cc21. The Labute approximate surface area is 301 Å². The molecule has 0 fully saturated rings. The summed E-state index contributed by atoms with van der Waals surface area (Å²) in [5.41, 5.74) is 11.4. The standard InChI is InChI=1S/C47H32N4O/c1-3-13-33-25-45-43(23-31(33)11-1)48-29-50(45)47(41-21-7-5-19-39(41)40-20-6-8-22-42(40)47)51-30-49(44-24-32-12-2-4-14-34(32)26-46(44)51)36-16-10-18-38(28-36)52-37-17-9-15-35(48)27-37/h1-28H,29-30H2. The number of anilines is 6. The van der Waals surface area contributed by atoms with E-state index in [1.807, 2.05) is 0 Å². The first kappa shape index (κ1) is 28.0. The summed E-state index contributed by atoms with van der Waals surface area (Å²) in [4.78, 5) is 10.3. The molecule has 8 bridgehead atoms. The summed E-state index contributed by atoms with van der Waals surface area (Å²) in [6, 6.07) is 62.3. The molecular weight excluding hydrogens is 637 g/mol. The molecule has 5 heteroatoms. The zero-order valence-corrected chi connectivity index (χ0v) is 28.3. The number of hydrogen-bond acceptors (Lipinski definition) is 5. The number of rotatable bonds is 0. The second-order valence-corrected chi connectivity index (χ2v) is 14.2. The topological polar surface area (TPSA) is 22.2 Å². The quantitative estimate of drug-likeness (QED) is 0.160. The van der Waals surface area contributed by atoms with Gasteiger partial charge >= 0.3 is 0 Å². The molecule has 0 unspecified atom stereocenters. The summed E-state index contributed by atoms with van der Waals surface area (Å²) in [5.74, 6) is 1.63. The van der Waals surface area contributed by atoms with Crippen LogP contribution in [0, 0.1) is 0 Å². The normalized spacial score (nSPS) is 15.7. The molecule has 4 aliphatic rings. The van der Waals surface area contributed by atoms with Gasteiger partial charge in [-0.2, -0.15) is 0 Å². The summed E-state index contributed by atoms with van der Waals surface area (Å²) in [6.07, 6.45) is 0. The summed E-state index contributed by atoms with van der Waals surface area (Å²) in [6.45, 7) is 1.28. The summed E-state index contributed by atoms with van der Waals surface area (Å²) in [7, 11) is 0. The average Bonchev–Trinajstić information content (AvgIpc) is 3.84. The van der Waals surface area contributed by atoms with Crippen LogP contribution in [0.15, 0.2) is 170 Å².